The van der Waals surface area contributed by atoms with Gasteiger partial charge in [0.2, 0.25) is 0 Å². The third kappa shape index (κ3) is 9.14. The Balaban J connectivity index is 1.54. The molecule has 1 aliphatic heterocycles. The number of likely N-dealkylation sites (tertiary alicyclic amines) is 1. The first-order chi connectivity index (χ1) is 19.4. The smallest absolute Gasteiger partial charge is 0.410 e. The maximum Gasteiger partial charge on any atom is 0.410 e. The predicted octanol–water partition coefficient (Wildman–Crippen LogP) is 3.88. The largest absolute Gasteiger partial charge is 0.445 e. The van der Waals surface area contributed by atoms with Crippen LogP contribution in [0.5, 0.6) is 0 Å². The van der Waals surface area contributed by atoms with E-state index in [1.54, 1.807) is 0 Å². The zero-order valence-corrected chi connectivity index (χ0v) is 23.2. The second kappa shape index (κ2) is 14.4. The van der Waals surface area contributed by atoms with E-state index in [-0.39, 0.29) is 54.5 Å². The highest BCUT2D eigenvalue weighted by Crippen LogP contribution is 2.31. The number of carbonyl (C=O) groups excluding carboxylic acids is 3. The number of amides is 2. The van der Waals surface area contributed by atoms with E-state index in [1.807, 2.05) is 0 Å². The van der Waals surface area contributed by atoms with Crippen molar-refractivity contribution in [3.05, 3.63) is 79.9 Å². The van der Waals surface area contributed by atoms with Crippen LogP contribution in [0.15, 0.2) is 48.5 Å². The lowest BCUT2D eigenvalue weighted by Crippen LogP contribution is -2.44. The Morgan fingerprint density at radius 1 is 1.00 bits per heavy atom. The molecule has 1 aliphatic rings. The molecule has 15 heteroatoms. The summed E-state index contributed by atoms with van der Waals surface area (Å²) in [5.74, 6) is 0. The lowest BCUT2D eigenvalue weighted by molar-refractivity contribution is -0.385. The van der Waals surface area contributed by atoms with Crippen molar-refractivity contribution in [1.82, 2.24) is 9.80 Å². The van der Waals surface area contributed by atoms with E-state index in [4.69, 9.17) is 9.47 Å². The molecule has 0 saturated carbocycles. The van der Waals surface area contributed by atoms with Gasteiger partial charge < -0.3 is 24.4 Å². The fourth-order valence-corrected chi connectivity index (χ4v) is 5.24. The number of hydrogen-bond acceptors (Lipinski definition) is 11. The van der Waals surface area contributed by atoms with Crippen LogP contribution in [0, 0.1) is 20.2 Å². The molecule has 3 atom stereocenters. The van der Waals surface area contributed by atoms with Gasteiger partial charge in [0, 0.05) is 56.6 Å². The van der Waals surface area contributed by atoms with Crippen molar-refractivity contribution in [2.24, 2.45) is 0 Å². The number of thioether (sulfide) groups is 1. The number of nitrogens with zero attached hydrogens (tertiary/aromatic N) is 4. The van der Waals surface area contributed by atoms with Gasteiger partial charge in [-0.25, -0.2) is 9.59 Å². The molecule has 2 aromatic carbocycles. The van der Waals surface area contributed by atoms with Crippen molar-refractivity contribution in [2.75, 3.05) is 20.1 Å². The summed E-state index contributed by atoms with van der Waals surface area (Å²) in [6, 6.07) is 10.5. The molecule has 0 spiro atoms. The first-order valence-corrected chi connectivity index (χ1v) is 13.5. The lowest BCUT2D eigenvalue weighted by atomic mass is 10.1. The molecular formula is C26H30N4O10S. The molecule has 0 radical (unpaired) electrons. The maximum absolute atomic E-state index is 12.9. The van der Waals surface area contributed by atoms with Crippen LogP contribution < -0.4 is 0 Å². The Morgan fingerprint density at radius 2 is 1.51 bits per heavy atom. The number of nitro benzene ring substituents is 2. The van der Waals surface area contributed by atoms with Crippen molar-refractivity contribution in [3.63, 3.8) is 0 Å². The van der Waals surface area contributed by atoms with Crippen LogP contribution in [-0.2, 0) is 27.5 Å². The van der Waals surface area contributed by atoms with E-state index < -0.39 is 34.2 Å². The van der Waals surface area contributed by atoms with Crippen LogP contribution in [0.3, 0.4) is 0 Å². The molecule has 0 aliphatic carbocycles. The van der Waals surface area contributed by atoms with E-state index in [0.29, 0.717) is 17.5 Å². The van der Waals surface area contributed by atoms with Crippen LogP contribution in [0.4, 0.5) is 21.0 Å². The van der Waals surface area contributed by atoms with Crippen molar-refractivity contribution >= 4 is 40.4 Å². The summed E-state index contributed by atoms with van der Waals surface area (Å²) in [5.41, 5.74) is 0.947. The molecule has 1 saturated heterocycles. The second-order valence-corrected chi connectivity index (χ2v) is 10.9. The Hall–Kier alpha value is -4.24. The highest BCUT2D eigenvalue weighted by Gasteiger charge is 2.41. The average molecular weight is 591 g/mol. The average Bonchev–Trinajstić information content (AvgIpc) is 3.36. The highest BCUT2D eigenvalue weighted by atomic mass is 32.2. The van der Waals surface area contributed by atoms with Gasteiger partial charge in [-0.3, -0.25) is 25.0 Å². The van der Waals surface area contributed by atoms with E-state index in [1.165, 1.54) is 72.3 Å². The third-order valence-corrected chi connectivity index (χ3v) is 7.41. The number of non-ortho nitro benzene ring substituents is 2. The Morgan fingerprint density at radius 3 is 2.00 bits per heavy atom. The third-order valence-electron chi connectivity index (χ3n) is 6.41. The molecule has 2 aromatic rings. The van der Waals surface area contributed by atoms with Crippen LogP contribution in [0.2, 0.25) is 0 Å². The van der Waals surface area contributed by atoms with Gasteiger partial charge in [0.05, 0.1) is 22.0 Å². The number of benzene rings is 2. The Kier molecular flexibility index (Phi) is 11.0. The van der Waals surface area contributed by atoms with Crippen LogP contribution >= 0.6 is 11.8 Å². The van der Waals surface area contributed by atoms with Gasteiger partial charge in [-0.1, -0.05) is 11.8 Å². The summed E-state index contributed by atoms with van der Waals surface area (Å²) in [6.07, 6.45) is -1.95. The zero-order chi connectivity index (χ0) is 30.1. The van der Waals surface area contributed by atoms with Crippen molar-refractivity contribution in [3.8, 4) is 0 Å². The Bertz CT molecular complexity index is 1260. The summed E-state index contributed by atoms with van der Waals surface area (Å²) in [6.45, 7) is 1.47. The van der Waals surface area contributed by atoms with Gasteiger partial charge in [-0.05, 0) is 48.2 Å². The molecule has 1 fully saturated rings. The number of hydrogen-bond donors (Lipinski definition) is 1. The van der Waals surface area contributed by atoms with E-state index in [9.17, 15) is 39.7 Å². The maximum atomic E-state index is 12.9. The first-order valence-electron chi connectivity index (χ1n) is 12.6. The fourth-order valence-electron chi connectivity index (χ4n) is 4.24. The first kappa shape index (κ1) is 31.3. The number of aliphatic hydroxyl groups excluding tert-OH is 1. The molecule has 1 heterocycles. The number of ether oxygens (including phenoxy) is 2. The summed E-state index contributed by atoms with van der Waals surface area (Å²) in [7, 11) is 1.49. The van der Waals surface area contributed by atoms with Gasteiger partial charge in [-0.2, -0.15) is 0 Å². The topological polar surface area (TPSA) is 183 Å². The fraction of sp³-hybridized carbons (Fsp3) is 0.423. The summed E-state index contributed by atoms with van der Waals surface area (Å²) in [5, 5.41) is 32.2. The van der Waals surface area contributed by atoms with Crippen LogP contribution in [0.1, 0.15) is 30.9 Å². The van der Waals surface area contributed by atoms with Gasteiger partial charge in [-0.15, -0.1) is 0 Å². The van der Waals surface area contributed by atoms with Gasteiger partial charge in [0.1, 0.15) is 13.2 Å². The van der Waals surface area contributed by atoms with Gasteiger partial charge in [0.15, 0.2) is 5.12 Å². The van der Waals surface area contributed by atoms with Crippen molar-refractivity contribution < 1.29 is 38.8 Å². The number of nitro groups is 2. The van der Waals surface area contributed by atoms with Gasteiger partial charge in [0.25, 0.3) is 11.4 Å². The number of carbonyl (C=O) groups is 3. The summed E-state index contributed by atoms with van der Waals surface area (Å²) < 4.78 is 10.6. The Labute approximate surface area is 239 Å². The molecule has 0 aromatic heterocycles. The molecule has 41 heavy (non-hydrogen) atoms. The van der Waals surface area contributed by atoms with Crippen molar-refractivity contribution in [2.45, 2.75) is 50.4 Å². The molecule has 0 bridgehead atoms. The molecule has 14 nitrogen and oxygen atoms in total. The van der Waals surface area contributed by atoms with E-state index in [2.05, 4.69) is 0 Å². The lowest BCUT2D eigenvalue weighted by Gasteiger charge is -2.29. The molecule has 220 valence electrons. The molecule has 2 amide bonds. The van der Waals surface area contributed by atoms with Crippen LogP contribution in [-0.4, -0.2) is 79.6 Å². The minimum atomic E-state index is -1.04. The van der Waals surface area contributed by atoms with Gasteiger partial charge >= 0.3 is 12.2 Å². The predicted molar refractivity (Wildman–Crippen MR) is 147 cm³/mol. The molecular weight excluding hydrogens is 560 g/mol. The summed E-state index contributed by atoms with van der Waals surface area (Å²) >= 11 is 1.07. The highest BCUT2D eigenvalue weighted by molar-refractivity contribution is 8.14. The zero-order valence-electron chi connectivity index (χ0n) is 22.4. The molecule has 1 N–H and O–H groups in total. The van der Waals surface area contributed by atoms with E-state index >= 15 is 0 Å². The van der Waals surface area contributed by atoms with Crippen LogP contribution in [0.25, 0.3) is 0 Å². The molecule has 3 rings (SSSR count). The van der Waals surface area contributed by atoms with Crippen molar-refractivity contribution in [1.29, 1.82) is 0 Å². The number of rotatable bonds is 11. The summed E-state index contributed by atoms with van der Waals surface area (Å²) in [4.78, 5) is 60.2. The standard InChI is InChI=1S/C26H30N4O10S/c1-17(31)41-22-13-23(28(14-22)26(34)40-16-19-5-9-21(10-6-19)30(37)38)24(32)11-12-27(2)25(33)39-15-18-3-7-20(8-4-18)29(35)36/h3-10,22-24,32H,11-16H2,1-2H3/t22-,23-,24+/m0/s1. The second-order valence-electron chi connectivity index (χ2n) is 9.42. The molecule has 0 unspecified atom stereocenters. The normalized spacial score (nSPS) is 17.0. The SMILES string of the molecule is CC(=O)S[C@H]1C[C@@H]([C@H](O)CCN(C)C(=O)OCc2ccc([N+](=O)[O-])cc2)N(C(=O)OCc2ccc([N+](=O)[O-])cc2)C1. The quantitative estimate of drug-likeness (QED) is 0.296. The minimum Gasteiger partial charge on any atom is -0.445 e. The monoisotopic (exact) mass is 590 g/mol. The minimum absolute atomic E-state index is 0.0775. The van der Waals surface area contributed by atoms with E-state index in [0.717, 1.165) is 11.8 Å². The number of aliphatic hydroxyl groups is 1.